The zero-order valence-electron chi connectivity index (χ0n) is 9.64. The van der Waals surface area contributed by atoms with Crippen LogP contribution in [0.1, 0.15) is 19.8 Å². The highest BCUT2D eigenvalue weighted by Gasteiger charge is 2.40. The van der Waals surface area contributed by atoms with Gasteiger partial charge >= 0.3 is 0 Å². The lowest BCUT2D eigenvalue weighted by Crippen LogP contribution is -2.32. The molecule has 94 valence electrons. The van der Waals surface area contributed by atoms with E-state index in [4.69, 9.17) is 5.73 Å². The number of rotatable bonds is 2. The molecule has 1 aliphatic carbocycles. The molecule has 5 heteroatoms. The second-order valence-electron chi connectivity index (χ2n) is 4.61. The monoisotopic (exact) mass is 317 g/mol. The standard InChI is InChI=1S/C12H16BrNO2S/c1-8-10(14)6-7-11(8)17(15,16)12-5-3-2-4-9(12)13/h2-5,8,10-11H,6-7,14H2,1H3. The second-order valence-corrected chi connectivity index (χ2v) is 7.60. The first-order chi connectivity index (χ1) is 7.94. The van der Waals surface area contributed by atoms with Crippen molar-refractivity contribution in [2.45, 2.75) is 36.0 Å². The molecule has 1 aromatic carbocycles. The first kappa shape index (κ1) is 13.1. The summed E-state index contributed by atoms with van der Waals surface area (Å²) >= 11 is 3.30. The van der Waals surface area contributed by atoms with Crippen molar-refractivity contribution in [1.29, 1.82) is 0 Å². The number of halogens is 1. The lowest BCUT2D eigenvalue weighted by molar-refractivity contribution is 0.507. The molecular formula is C12H16BrNO2S. The summed E-state index contributed by atoms with van der Waals surface area (Å²) in [5, 5.41) is -0.351. The van der Waals surface area contributed by atoms with Crippen LogP contribution in [-0.2, 0) is 9.84 Å². The molecule has 17 heavy (non-hydrogen) atoms. The van der Waals surface area contributed by atoms with Gasteiger partial charge < -0.3 is 5.73 Å². The molecule has 0 radical (unpaired) electrons. The number of benzene rings is 1. The van der Waals surface area contributed by atoms with E-state index in [1.807, 2.05) is 13.0 Å². The Morgan fingerprint density at radius 3 is 2.47 bits per heavy atom. The lowest BCUT2D eigenvalue weighted by Gasteiger charge is -2.19. The van der Waals surface area contributed by atoms with E-state index >= 15 is 0 Å². The molecule has 0 spiro atoms. The van der Waals surface area contributed by atoms with E-state index in [-0.39, 0.29) is 17.2 Å². The van der Waals surface area contributed by atoms with E-state index in [0.717, 1.165) is 6.42 Å². The van der Waals surface area contributed by atoms with Crippen molar-refractivity contribution in [1.82, 2.24) is 0 Å². The Hall–Kier alpha value is -0.390. The minimum atomic E-state index is -3.28. The zero-order chi connectivity index (χ0) is 12.6. The number of hydrogen-bond acceptors (Lipinski definition) is 3. The van der Waals surface area contributed by atoms with E-state index in [1.54, 1.807) is 18.2 Å². The number of hydrogen-bond donors (Lipinski definition) is 1. The second kappa shape index (κ2) is 4.71. The Balaban J connectivity index is 2.41. The molecule has 0 amide bonds. The predicted molar refractivity (Wildman–Crippen MR) is 71.5 cm³/mol. The van der Waals surface area contributed by atoms with Gasteiger partial charge in [0.25, 0.3) is 0 Å². The average molecular weight is 318 g/mol. The molecule has 1 aliphatic rings. The molecule has 3 unspecified atom stereocenters. The van der Waals surface area contributed by atoms with Crippen LogP contribution in [-0.4, -0.2) is 19.7 Å². The molecule has 3 atom stereocenters. The van der Waals surface area contributed by atoms with Gasteiger partial charge in [0.2, 0.25) is 0 Å². The Kier molecular flexibility index (Phi) is 3.61. The first-order valence-electron chi connectivity index (χ1n) is 5.68. The van der Waals surface area contributed by atoms with E-state index in [0.29, 0.717) is 15.8 Å². The topological polar surface area (TPSA) is 60.2 Å². The van der Waals surface area contributed by atoms with Crippen LogP contribution in [0.5, 0.6) is 0 Å². The first-order valence-corrected chi connectivity index (χ1v) is 8.02. The van der Waals surface area contributed by atoms with Gasteiger partial charge in [-0.05, 0) is 46.8 Å². The highest BCUT2D eigenvalue weighted by atomic mass is 79.9. The summed E-state index contributed by atoms with van der Waals surface area (Å²) in [7, 11) is -3.28. The van der Waals surface area contributed by atoms with Gasteiger partial charge in [-0.1, -0.05) is 19.1 Å². The van der Waals surface area contributed by atoms with Crippen molar-refractivity contribution in [3.63, 3.8) is 0 Å². The molecule has 0 aromatic heterocycles. The molecule has 1 saturated carbocycles. The van der Waals surface area contributed by atoms with Gasteiger partial charge in [-0.2, -0.15) is 0 Å². The van der Waals surface area contributed by atoms with Crippen molar-refractivity contribution < 1.29 is 8.42 Å². The lowest BCUT2D eigenvalue weighted by atomic mass is 10.1. The highest BCUT2D eigenvalue weighted by Crippen LogP contribution is 2.35. The zero-order valence-corrected chi connectivity index (χ0v) is 12.0. The van der Waals surface area contributed by atoms with Gasteiger partial charge in [0.1, 0.15) is 0 Å². The average Bonchev–Trinajstić information content (AvgIpc) is 2.60. The van der Waals surface area contributed by atoms with E-state index in [1.165, 1.54) is 0 Å². The van der Waals surface area contributed by atoms with Crippen molar-refractivity contribution in [2.75, 3.05) is 0 Å². The minimum Gasteiger partial charge on any atom is -0.327 e. The molecular weight excluding hydrogens is 302 g/mol. The van der Waals surface area contributed by atoms with Crippen molar-refractivity contribution >= 4 is 25.8 Å². The van der Waals surface area contributed by atoms with Gasteiger partial charge in [0, 0.05) is 10.5 Å². The summed E-state index contributed by atoms with van der Waals surface area (Å²) in [6.45, 7) is 1.93. The van der Waals surface area contributed by atoms with Crippen LogP contribution in [0, 0.1) is 5.92 Å². The SMILES string of the molecule is CC1C(N)CCC1S(=O)(=O)c1ccccc1Br. The largest absolute Gasteiger partial charge is 0.327 e. The summed E-state index contributed by atoms with van der Waals surface area (Å²) in [6.07, 6.45) is 1.45. The van der Waals surface area contributed by atoms with Crippen LogP contribution in [0.15, 0.2) is 33.6 Å². The van der Waals surface area contributed by atoms with Gasteiger partial charge in [-0.25, -0.2) is 8.42 Å². The maximum atomic E-state index is 12.5. The van der Waals surface area contributed by atoms with Crippen LogP contribution in [0.3, 0.4) is 0 Å². The van der Waals surface area contributed by atoms with Crippen LogP contribution in [0.2, 0.25) is 0 Å². The number of sulfone groups is 1. The maximum absolute atomic E-state index is 12.5. The number of nitrogens with two attached hydrogens (primary N) is 1. The summed E-state index contributed by atoms with van der Waals surface area (Å²) in [5.74, 6) is 0.0205. The van der Waals surface area contributed by atoms with E-state index < -0.39 is 9.84 Å². The normalized spacial score (nSPS) is 29.5. The Labute approximate surface area is 110 Å². The van der Waals surface area contributed by atoms with Gasteiger partial charge in [0.05, 0.1) is 10.1 Å². The smallest absolute Gasteiger partial charge is 0.182 e. The summed E-state index contributed by atoms with van der Waals surface area (Å²) in [4.78, 5) is 0.381. The molecule has 0 saturated heterocycles. The third-order valence-electron chi connectivity index (χ3n) is 3.59. The van der Waals surface area contributed by atoms with Gasteiger partial charge in [0.15, 0.2) is 9.84 Å². The third-order valence-corrected chi connectivity index (χ3v) is 6.97. The van der Waals surface area contributed by atoms with E-state index in [2.05, 4.69) is 15.9 Å². The molecule has 3 nitrogen and oxygen atoms in total. The van der Waals surface area contributed by atoms with Crippen molar-refractivity contribution in [3.05, 3.63) is 28.7 Å². The maximum Gasteiger partial charge on any atom is 0.182 e. The predicted octanol–water partition coefficient (Wildman–Crippen LogP) is 2.35. The summed E-state index contributed by atoms with van der Waals surface area (Å²) in [6, 6.07) is 6.96. The summed E-state index contributed by atoms with van der Waals surface area (Å²) < 4.78 is 25.7. The minimum absolute atomic E-state index is 0.00253. The molecule has 0 bridgehead atoms. The Bertz CT molecular complexity index is 515. The van der Waals surface area contributed by atoms with Crippen LogP contribution in [0.25, 0.3) is 0 Å². The molecule has 1 fully saturated rings. The molecule has 0 heterocycles. The van der Waals surface area contributed by atoms with Crippen molar-refractivity contribution in [3.8, 4) is 0 Å². The van der Waals surface area contributed by atoms with Gasteiger partial charge in [-0.3, -0.25) is 0 Å². The van der Waals surface area contributed by atoms with E-state index in [9.17, 15) is 8.42 Å². The fourth-order valence-electron chi connectivity index (χ4n) is 2.43. The fraction of sp³-hybridized carbons (Fsp3) is 0.500. The molecule has 2 rings (SSSR count). The molecule has 0 aliphatic heterocycles. The van der Waals surface area contributed by atoms with Crippen LogP contribution >= 0.6 is 15.9 Å². The highest BCUT2D eigenvalue weighted by molar-refractivity contribution is 9.10. The summed E-state index contributed by atoms with van der Waals surface area (Å²) in [5.41, 5.74) is 5.91. The fourth-order valence-corrected chi connectivity index (χ4v) is 5.54. The van der Waals surface area contributed by atoms with Crippen LogP contribution in [0.4, 0.5) is 0 Å². The quantitative estimate of drug-likeness (QED) is 0.910. The van der Waals surface area contributed by atoms with Crippen LogP contribution < -0.4 is 5.73 Å². The third kappa shape index (κ3) is 2.28. The Morgan fingerprint density at radius 2 is 1.94 bits per heavy atom. The molecule has 2 N–H and O–H groups in total. The molecule has 1 aromatic rings. The van der Waals surface area contributed by atoms with Gasteiger partial charge in [-0.15, -0.1) is 0 Å². The van der Waals surface area contributed by atoms with Crippen molar-refractivity contribution in [2.24, 2.45) is 11.7 Å². The Morgan fingerprint density at radius 1 is 1.29 bits per heavy atom.